The molecule has 0 saturated carbocycles. The number of anilines is 3. The second-order valence-electron chi connectivity index (χ2n) is 7.35. The Bertz CT molecular complexity index is 1250. The fourth-order valence-electron chi connectivity index (χ4n) is 3.80. The minimum absolute atomic E-state index is 0.329. The molecule has 0 aliphatic carbocycles. The number of nitrogens with zero attached hydrogens (tertiary/aromatic N) is 5. The molecule has 2 N–H and O–H groups in total. The molecule has 2 aromatic carbocycles. The van der Waals surface area contributed by atoms with E-state index in [1.165, 1.54) is 17.8 Å². The number of piperazine rings is 1. The predicted octanol–water partition coefficient (Wildman–Crippen LogP) is 3.56. The Labute approximate surface area is 178 Å². The van der Waals surface area contributed by atoms with Crippen LogP contribution in [0.4, 0.5) is 21.7 Å². The molecule has 1 aliphatic rings. The summed E-state index contributed by atoms with van der Waals surface area (Å²) in [6.07, 6.45) is 1.66. The SMILES string of the molecule is N#Cc1cc2cnc(Nc3ccc(N4CCNCC4)cc3)nn2c1-c1ccc(F)cc1. The Morgan fingerprint density at radius 1 is 1.03 bits per heavy atom. The summed E-state index contributed by atoms with van der Waals surface area (Å²) in [6.45, 7) is 3.97. The second kappa shape index (κ2) is 8.05. The zero-order valence-electron chi connectivity index (χ0n) is 16.7. The summed E-state index contributed by atoms with van der Waals surface area (Å²) in [6, 6.07) is 18.1. The van der Waals surface area contributed by atoms with Gasteiger partial charge in [0.15, 0.2) is 0 Å². The maximum Gasteiger partial charge on any atom is 0.245 e. The molecule has 0 bridgehead atoms. The van der Waals surface area contributed by atoms with Gasteiger partial charge in [-0.1, -0.05) is 0 Å². The van der Waals surface area contributed by atoms with Crippen LogP contribution in [0.3, 0.4) is 0 Å². The van der Waals surface area contributed by atoms with Crippen molar-refractivity contribution >= 4 is 22.8 Å². The zero-order valence-corrected chi connectivity index (χ0v) is 16.7. The van der Waals surface area contributed by atoms with Crippen LogP contribution in [0.15, 0.2) is 60.8 Å². The van der Waals surface area contributed by atoms with Gasteiger partial charge in [-0.05, 0) is 54.6 Å². The van der Waals surface area contributed by atoms with Crippen molar-refractivity contribution in [1.29, 1.82) is 5.26 Å². The summed E-state index contributed by atoms with van der Waals surface area (Å²) in [7, 11) is 0. The average Bonchev–Trinajstić information content (AvgIpc) is 3.19. The first kappa shape index (κ1) is 19.0. The minimum Gasteiger partial charge on any atom is -0.369 e. The van der Waals surface area contributed by atoms with Crippen LogP contribution in [-0.4, -0.2) is 40.8 Å². The van der Waals surface area contributed by atoms with Crippen LogP contribution >= 0.6 is 0 Å². The van der Waals surface area contributed by atoms with Crippen LogP contribution in [-0.2, 0) is 0 Å². The molecule has 5 rings (SSSR count). The van der Waals surface area contributed by atoms with Crippen molar-refractivity contribution in [1.82, 2.24) is 19.9 Å². The third-order valence-corrected chi connectivity index (χ3v) is 5.36. The molecule has 0 radical (unpaired) electrons. The highest BCUT2D eigenvalue weighted by molar-refractivity contribution is 5.74. The number of nitrogens with one attached hydrogen (secondary N) is 2. The fourth-order valence-corrected chi connectivity index (χ4v) is 3.80. The van der Waals surface area contributed by atoms with E-state index in [-0.39, 0.29) is 5.82 Å². The Balaban J connectivity index is 1.45. The molecule has 8 heteroatoms. The third-order valence-electron chi connectivity index (χ3n) is 5.36. The van der Waals surface area contributed by atoms with Crippen molar-refractivity contribution in [2.75, 3.05) is 36.4 Å². The lowest BCUT2D eigenvalue weighted by Gasteiger charge is -2.29. The number of benzene rings is 2. The molecule has 1 fully saturated rings. The molecule has 0 atom stereocenters. The van der Waals surface area contributed by atoms with Crippen molar-refractivity contribution in [2.24, 2.45) is 0 Å². The van der Waals surface area contributed by atoms with E-state index >= 15 is 0 Å². The number of hydrogen-bond acceptors (Lipinski definition) is 6. The zero-order chi connectivity index (χ0) is 21.2. The lowest BCUT2D eigenvalue weighted by atomic mass is 10.1. The highest BCUT2D eigenvalue weighted by Gasteiger charge is 2.15. The Kier molecular flexibility index (Phi) is 4.94. The number of halogens is 1. The van der Waals surface area contributed by atoms with Crippen molar-refractivity contribution in [3.05, 3.63) is 72.2 Å². The topological polar surface area (TPSA) is 81.3 Å². The number of rotatable bonds is 4. The van der Waals surface area contributed by atoms with Crippen LogP contribution in [0.1, 0.15) is 5.56 Å². The van der Waals surface area contributed by atoms with Crippen molar-refractivity contribution in [3.8, 4) is 17.3 Å². The van der Waals surface area contributed by atoms with Crippen LogP contribution in [0.5, 0.6) is 0 Å². The summed E-state index contributed by atoms with van der Waals surface area (Å²) in [4.78, 5) is 6.73. The molecule has 0 unspecified atom stereocenters. The lowest BCUT2D eigenvalue weighted by Crippen LogP contribution is -2.43. The van der Waals surface area contributed by atoms with E-state index in [1.54, 1.807) is 28.9 Å². The van der Waals surface area contributed by atoms with Crippen LogP contribution in [0.2, 0.25) is 0 Å². The first-order valence-electron chi connectivity index (χ1n) is 10.1. The van der Waals surface area contributed by atoms with E-state index in [0.29, 0.717) is 28.3 Å². The number of aromatic nitrogens is 3. The van der Waals surface area contributed by atoms with E-state index in [0.717, 1.165) is 31.9 Å². The van der Waals surface area contributed by atoms with Crippen LogP contribution in [0, 0.1) is 17.1 Å². The molecule has 7 nitrogen and oxygen atoms in total. The molecular formula is C23H20FN7. The highest BCUT2D eigenvalue weighted by Crippen LogP contribution is 2.27. The van der Waals surface area contributed by atoms with E-state index in [9.17, 15) is 9.65 Å². The predicted molar refractivity (Wildman–Crippen MR) is 118 cm³/mol. The molecule has 0 spiro atoms. The summed E-state index contributed by atoms with van der Waals surface area (Å²) in [5.41, 5.74) is 4.52. The number of fused-ring (bicyclic) bond motifs is 1. The number of nitriles is 1. The van der Waals surface area contributed by atoms with Gasteiger partial charge in [-0.3, -0.25) is 0 Å². The summed E-state index contributed by atoms with van der Waals surface area (Å²) in [5.74, 6) is 0.0789. The fraction of sp³-hybridized carbons (Fsp3) is 0.174. The van der Waals surface area contributed by atoms with Gasteiger partial charge in [0, 0.05) is 43.1 Å². The monoisotopic (exact) mass is 413 g/mol. The summed E-state index contributed by atoms with van der Waals surface area (Å²) >= 11 is 0. The quantitative estimate of drug-likeness (QED) is 0.533. The van der Waals surface area contributed by atoms with Crippen LogP contribution < -0.4 is 15.5 Å². The van der Waals surface area contributed by atoms with Crippen molar-refractivity contribution in [3.63, 3.8) is 0 Å². The Morgan fingerprint density at radius 3 is 2.48 bits per heavy atom. The van der Waals surface area contributed by atoms with Crippen molar-refractivity contribution < 1.29 is 4.39 Å². The third kappa shape index (κ3) is 3.79. The van der Waals surface area contributed by atoms with Gasteiger partial charge in [0.05, 0.1) is 23.0 Å². The van der Waals surface area contributed by atoms with Gasteiger partial charge in [0.2, 0.25) is 5.95 Å². The number of hydrogen-bond donors (Lipinski definition) is 2. The average molecular weight is 413 g/mol. The molecule has 1 aliphatic heterocycles. The molecular weight excluding hydrogens is 393 g/mol. The van der Waals surface area contributed by atoms with Crippen LogP contribution in [0.25, 0.3) is 16.8 Å². The lowest BCUT2D eigenvalue weighted by molar-refractivity contribution is 0.589. The van der Waals surface area contributed by atoms with E-state index < -0.39 is 0 Å². The van der Waals surface area contributed by atoms with Gasteiger partial charge in [-0.2, -0.15) is 5.26 Å². The van der Waals surface area contributed by atoms with Gasteiger partial charge in [0.25, 0.3) is 0 Å². The van der Waals surface area contributed by atoms with Crippen molar-refractivity contribution in [2.45, 2.75) is 0 Å². The Morgan fingerprint density at radius 2 is 1.77 bits per heavy atom. The minimum atomic E-state index is -0.329. The summed E-state index contributed by atoms with van der Waals surface area (Å²) < 4.78 is 15.0. The van der Waals surface area contributed by atoms with Gasteiger partial charge >= 0.3 is 0 Å². The van der Waals surface area contributed by atoms with Gasteiger partial charge < -0.3 is 15.5 Å². The van der Waals surface area contributed by atoms with E-state index in [1.807, 2.05) is 12.1 Å². The summed E-state index contributed by atoms with van der Waals surface area (Å²) in [5, 5.41) is 20.7. The Hall–Kier alpha value is -3.96. The molecule has 31 heavy (non-hydrogen) atoms. The maximum atomic E-state index is 13.4. The molecule has 3 heterocycles. The van der Waals surface area contributed by atoms with Gasteiger partial charge in [-0.25, -0.2) is 13.9 Å². The normalized spacial score (nSPS) is 13.9. The highest BCUT2D eigenvalue weighted by atomic mass is 19.1. The van der Waals surface area contributed by atoms with E-state index in [4.69, 9.17) is 0 Å². The first-order valence-corrected chi connectivity index (χ1v) is 10.1. The molecule has 2 aromatic heterocycles. The largest absolute Gasteiger partial charge is 0.369 e. The van der Waals surface area contributed by atoms with E-state index in [2.05, 4.69) is 43.8 Å². The standard InChI is InChI=1S/C23H20FN7/c24-18-3-1-16(2-4-18)22-17(14-25)13-21-15-27-23(29-31(21)22)28-19-5-7-20(8-6-19)30-11-9-26-10-12-30/h1-8,13,15,26H,9-12H2,(H,28,29). The first-order chi connectivity index (χ1) is 15.2. The molecule has 0 amide bonds. The second-order valence-corrected chi connectivity index (χ2v) is 7.35. The van der Waals surface area contributed by atoms with Gasteiger partial charge in [0.1, 0.15) is 11.9 Å². The molecule has 154 valence electrons. The van der Waals surface area contributed by atoms with Gasteiger partial charge in [-0.15, -0.1) is 5.10 Å². The molecule has 4 aromatic rings. The molecule has 1 saturated heterocycles. The maximum absolute atomic E-state index is 13.4. The smallest absolute Gasteiger partial charge is 0.245 e.